The van der Waals surface area contributed by atoms with E-state index in [2.05, 4.69) is 24.0 Å². The highest BCUT2D eigenvalue weighted by Gasteiger charge is 2.36. The molecule has 2 aromatic rings. The molecule has 1 aliphatic rings. The van der Waals surface area contributed by atoms with Gasteiger partial charge < -0.3 is 9.42 Å². The van der Waals surface area contributed by atoms with Gasteiger partial charge >= 0.3 is 0 Å². The number of hydrogen-bond donors (Lipinski definition) is 0. The van der Waals surface area contributed by atoms with Gasteiger partial charge in [-0.3, -0.25) is 4.79 Å². The maximum atomic E-state index is 13.0. The Morgan fingerprint density at radius 3 is 3.00 bits per heavy atom. The molecule has 1 amide bonds. The van der Waals surface area contributed by atoms with Crippen molar-refractivity contribution in [3.05, 3.63) is 35.2 Å². The SMILES string of the molecule is CCCCC(CC)C(=O)N1CCCC1c1nc(-c2cccc(Cl)c2)no1. The monoisotopic (exact) mass is 375 g/mol. The first kappa shape index (κ1) is 18.9. The number of carbonyl (C=O) groups is 1. The molecule has 1 fully saturated rings. The highest BCUT2D eigenvalue weighted by Crippen LogP contribution is 2.34. The maximum Gasteiger partial charge on any atom is 0.249 e. The van der Waals surface area contributed by atoms with Gasteiger partial charge in [-0.2, -0.15) is 4.98 Å². The normalized spacial score (nSPS) is 18.3. The number of hydrogen-bond acceptors (Lipinski definition) is 4. The molecule has 0 radical (unpaired) electrons. The van der Waals surface area contributed by atoms with Crippen molar-refractivity contribution in [1.29, 1.82) is 0 Å². The van der Waals surface area contributed by atoms with Crippen LogP contribution < -0.4 is 0 Å². The molecule has 0 saturated carbocycles. The predicted molar refractivity (Wildman–Crippen MR) is 102 cm³/mol. The minimum absolute atomic E-state index is 0.0888. The summed E-state index contributed by atoms with van der Waals surface area (Å²) in [6.07, 6.45) is 5.86. The first-order valence-electron chi connectivity index (χ1n) is 9.54. The molecule has 0 N–H and O–H groups in total. The second-order valence-electron chi connectivity index (χ2n) is 6.90. The van der Waals surface area contributed by atoms with Crippen LogP contribution in [0.5, 0.6) is 0 Å². The van der Waals surface area contributed by atoms with Crippen LogP contribution in [0.15, 0.2) is 28.8 Å². The third kappa shape index (κ3) is 4.09. The molecule has 0 aliphatic carbocycles. The lowest BCUT2D eigenvalue weighted by Crippen LogP contribution is -2.35. The van der Waals surface area contributed by atoms with E-state index in [1.54, 1.807) is 0 Å². The Hall–Kier alpha value is -1.88. The van der Waals surface area contributed by atoms with Gasteiger partial charge in [0.05, 0.1) is 0 Å². The van der Waals surface area contributed by atoms with Gasteiger partial charge in [-0.1, -0.05) is 55.6 Å². The van der Waals surface area contributed by atoms with Crippen LogP contribution in [0.2, 0.25) is 5.02 Å². The van der Waals surface area contributed by atoms with E-state index in [9.17, 15) is 4.79 Å². The number of rotatable bonds is 7. The molecule has 1 aromatic carbocycles. The van der Waals surface area contributed by atoms with Gasteiger partial charge in [0.2, 0.25) is 17.6 Å². The summed E-state index contributed by atoms with van der Waals surface area (Å²) in [5.41, 5.74) is 0.817. The largest absolute Gasteiger partial charge is 0.337 e. The van der Waals surface area contributed by atoms with Gasteiger partial charge in [-0.15, -0.1) is 0 Å². The Kier molecular flexibility index (Phi) is 6.30. The summed E-state index contributed by atoms with van der Waals surface area (Å²) in [5.74, 6) is 1.35. The molecular formula is C20H26ClN3O2. The summed E-state index contributed by atoms with van der Waals surface area (Å²) < 4.78 is 5.52. The molecule has 2 unspecified atom stereocenters. The molecule has 2 heterocycles. The topological polar surface area (TPSA) is 59.2 Å². The standard InChI is InChI=1S/C20H26ClN3O2/c1-3-5-8-14(4-2)20(25)24-12-7-11-17(24)19-22-18(23-26-19)15-9-6-10-16(21)13-15/h6,9-10,13-14,17H,3-5,7-8,11-12H2,1-2H3. The summed E-state index contributed by atoms with van der Waals surface area (Å²) >= 11 is 6.05. The van der Waals surface area contributed by atoms with Crippen molar-refractivity contribution >= 4 is 17.5 Å². The fourth-order valence-electron chi connectivity index (χ4n) is 3.59. The van der Waals surface area contributed by atoms with Gasteiger partial charge in [0.25, 0.3) is 0 Å². The zero-order valence-corrected chi connectivity index (χ0v) is 16.2. The second kappa shape index (κ2) is 8.67. The van der Waals surface area contributed by atoms with Crippen molar-refractivity contribution in [2.45, 2.75) is 58.4 Å². The van der Waals surface area contributed by atoms with Crippen molar-refractivity contribution in [2.24, 2.45) is 5.92 Å². The molecule has 0 bridgehead atoms. The average Bonchev–Trinajstić information content (AvgIpc) is 3.31. The van der Waals surface area contributed by atoms with E-state index in [0.29, 0.717) is 16.7 Å². The lowest BCUT2D eigenvalue weighted by Gasteiger charge is -2.26. The minimum Gasteiger partial charge on any atom is -0.337 e. The first-order valence-corrected chi connectivity index (χ1v) is 9.91. The summed E-state index contributed by atoms with van der Waals surface area (Å²) in [7, 11) is 0. The maximum absolute atomic E-state index is 13.0. The number of halogens is 1. The van der Waals surface area contributed by atoms with E-state index in [4.69, 9.17) is 16.1 Å². The average molecular weight is 376 g/mol. The van der Waals surface area contributed by atoms with Crippen LogP contribution in [0.3, 0.4) is 0 Å². The van der Waals surface area contributed by atoms with Crippen LogP contribution in [0.25, 0.3) is 11.4 Å². The number of benzene rings is 1. The van der Waals surface area contributed by atoms with Gasteiger partial charge in [-0.25, -0.2) is 0 Å². The molecule has 0 spiro atoms. The van der Waals surface area contributed by atoms with Crippen molar-refractivity contribution in [2.75, 3.05) is 6.54 Å². The number of likely N-dealkylation sites (tertiary alicyclic amines) is 1. The third-order valence-corrected chi connectivity index (χ3v) is 5.33. The minimum atomic E-state index is -0.112. The fourth-order valence-corrected chi connectivity index (χ4v) is 3.78. The Bertz CT molecular complexity index is 746. The molecule has 5 nitrogen and oxygen atoms in total. The molecule has 2 atom stereocenters. The van der Waals surface area contributed by atoms with E-state index in [1.165, 1.54) is 0 Å². The molecule has 1 aromatic heterocycles. The molecule has 1 saturated heterocycles. The number of carbonyl (C=O) groups excluding carboxylic acids is 1. The van der Waals surface area contributed by atoms with Crippen LogP contribution in [-0.2, 0) is 4.79 Å². The molecule has 26 heavy (non-hydrogen) atoms. The number of nitrogens with zero attached hydrogens (tertiary/aromatic N) is 3. The van der Waals surface area contributed by atoms with Crippen molar-refractivity contribution in [1.82, 2.24) is 15.0 Å². The van der Waals surface area contributed by atoms with Crippen molar-refractivity contribution in [3.63, 3.8) is 0 Å². The van der Waals surface area contributed by atoms with E-state index in [0.717, 1.165) is 50.6 Å². The highest BCUT2D eigenvalue weighted by atomic mass is 35.5. The summed E-state index contributed by atoms with van der Waals surface area (Å²) in [4.78, 5) is 19.5. The van der Waals surface area contributed by atoms with E-state index < -0.39 is 0 Å². The van der Waals surface area contributed by atoms with Crippen LogP contribution >= 0.6 is 11.6 Å². The van der Waals surface area contributed by atoms with E-state index in [1.807, 2.05) is 29.2 Å². The van der Waals surface area contributed by atoms with Gasteiger partial charge in [0, 0.05) is 23.0 Å². The number of aromatic nitrogens is 2. The lowest BCUT2D eigenvalue weighted by atomic mass is 9.97. The quantitative estimate of drug-likeness (QED) is 0.661. The molecule has 1 aliphatic heterocycles. The Morgan fingerprint density at radius 1 is 1.42 bits per heavy atom. The van der Waals surface area contributed by atoms with Crippen LogP contribution in [0.4, 0.5) is 0 Å². The van der Waals surface area contributed by atoms with Gasteiger partial charge in [-0.05, 0) is 37.8 Å². The third-order valence-electron chi connectivity index (χ3n) is 5.09. The first-order chi connectivity index (χ1) is 12.6. The molecule has 140 valence electrons. The fraction of sp³-hybridized carbons (Fsp3) is 0.550. The number of unbranched alkanes of at least 4 members (excludes halogenated alkanes) is 1. The predicted octanol–water partition coefficient (Wildman–Crippen LogP) is 5.27. The summed E-state index contributed by atoms with van der Waals surface area (Å²) in [5, 5.41) is 4.73. The second-order valence-corrected chi connectivity index (χ2v) is 7.34. The van der Waals surface area contributed by atoms with Crippen molar-refractivity contribution in [3.8, 4) is 11.4 Å². The zero-order chi connectivity index (χ0) is 18.5. The summed E-state index contributed by atoms with van der Waals surface area (Å²) in [6.45, 7) is 5.01. The van der Waals surface area contributed by atoms with Gasteiger partial charge in [0.15, 0.2) is 0 Å². The van der Waals surface area contributed by atoms with E-state index >= 15 is 0 Å². The lowest BCUT2D eigenvalue weighted by molar-refractivity contribution is -0.137. The van der Waals surface area contributed by atoms with E-state index in [-0.39, 0.29) is 17.9 Å². The highest BCUT2D eigenvalue weighted by molar-refractivity contribution is 6.30. The Morgan fingerprint density at radius 2 is 2.27 bits per heavy atom. The van der Waals surface area contributed by atoms with Gasteiger partial charge in [0.1, 0.15) is 6.04 Å². The number of amides is 1. The smallest absolute Gasteiger partial charge is 0.249 e. The van der Waals surface area contributed by atoms with Crippen LogP contribution in [0, 0.1) is 5.92 Å². The molecule has 3 rings (SSSR count). The Balaban J connectivity index is 1.77. The van der Waals surface area contributed by atoms with Crippen LogP contribution in [0.1, 0.15) is 64.3 Å². The summed E-state index contributed by atoms with van der Waals surface area (Å²) in [6, 6.07) is 7.27. The Labute approximate surface area is 159 Å². The zero-order valence-electron chi connectivity index (χ0n) is 15.4. The van der Waals surface area contributed by atoms with Crippen molar-refractivity contribution < 1.29 is 9.32 Å². The molecule has 6 heteroatoms. The van der Waals surface area contributed by atoms with Crippen LogP contribution in [-0.4, -0.2) is 27.5 Å². The molecular weight excluding hydrogens is 350 g/mol.